The van der Waals surface area contributed by atoms with Crippen LogP contribution in [0.25, 0.3) is 0 Å². The zero-order valence-corrected chi connectivity index (χ0v) is 6.82. The summed E-state index contributed by atoms with van der Waals surface area (Å²) in [7, 11) is 0. The molecule has 13 heavy (non-hydrogen) atoms. The van der Waals surface area contributed by atoms with Gasteiger partial charge in [-0.1, -0.05) is 0 Å². The van der Waals surface area contributed by atoms with E-state index in [1.807, 2.05) is 0 Å². The normalized spacial score (nSPS) is 20.1. The second-order valence-corrected chi connectivity index (χ2v) is 2.77. The molecule has 0 aromatic carbocycles. The van der Waals surface area contributed by atoms with Gasteiger partial charge >= 0.3 is 0 Å². The van der Waals surface area contributed by atoms with Crippen molar-refractivity contribution in [1.29, 1.82) is 0 Å². The number of aliphatic hydroxyl groups is 1. The van der Waals surface area contributed by atoms with Crippen molar-refractivity contribution < 1.29 is 9.90 Å². The highest BCUT2D eigenvalue weighted by molar-refractivity contribution is 6.01. The number of nitrogens with one attached hydrogen (secondary N) is 2. The minimum Gasteiger partial charge on any atom is -0.394 e. The number of aliphatic hydroxyl groups excluding tert-OH is 1. The van der Waals surface area contributed by atoms with Crippen molar-refractivity contribution in [3.63, 3.8) is 0 Å². The molecule has 1 atom stereocenters. The van der Waals surface area contributed by atoms with Crippen LogP contribution in [-0.4, -0.2) is 28.6 Å². The van der Waals surface area contributed by atoms with E-state index in [-0.39, 0.29) is 12.5 Å². The van der Waals surface area contributed by atoms with Gasteiger partial charge in [-0.3, -0.25) is 4.79 Å². The minimum absolute atomic E-state index is 0.222. The Kier molecular flexibility index (Phi) is 1.86. The summed E-state index contributed by atoms with van der Waals surface area (Å²) < 4.78 is 0. The van der Waals surface area contributed by atoms with Gasteiger partial charge in [-0.05, 0) is 12.1 Å². The van der Waals surface area contributed by atoms with Crippen LogP contribution in [0.5, 0.6) is 0 Å². The summed E-state index contributed by atoms with van der Waals surface area (Å²) in [6, 6.07) is 2.99. The third kappa shape index (κ3) is 1.33. The van der Waals surface area contributed by atoms with Crippen LogP contribution in [0.1, 0.15) is 0 Å². The first-order chi connectivity index (χ1) is 6.31. The summed E-state index contributed by atoms with van der Waals surface area (Å²) in [5, 5.41) is 14.3. The highest BCUT2D eigenvalue weighted by Crippen LogP contribution is 2.22. The predicted molar refractivity (Wildman–Crippen MR) is 47.4 cm³/mol. The second kappa shape index (κ2) is 3.02. The fraction of sp³-hybridized carbons (Fsp3) is 0.250. The van der Waals surface area contributed by atoms with Crippen molar-refractivity contribution in [3.05, 3.63) is 18.3 Å². The topological polar surface area (TPSA) is 74.2 Å². The number of hydrogen-bond donors (Lipinski definition) is 3. The fourth-order valence-corrected chi connectivity index (χ4v) is 1.21. The van der Waals surface area contributed by atoms with E-state index in [0.29, 0.717) is 5.82 Å². The molecule has 0 saturated carbocycles. The van der Waals surface area contributed by atoms with Gasteiger partial charge in [-0.2, -0.15) is 0 Å². The van der Waals surface area contributed by atoms with E-state index in [4.69, 9.17) is 5.11 Å². The number of amides is 1. The molecular formula is C8H9N3O2. The average Bonchev–Trinajstić information content (AvgIpc) is 2.17. The Hall–Kier alpha value is -1.62. The lowest BCUT2D eigenvalue weighted by atomic mass is 10.2. The van der Waals surface area contributed by atoms with Gasteiger partial charge in [0.2, 0.25) is 5.91 Å². The van der Waals surface area contributed by atoms with Gasteiger partial charge in [-0.25, -0.2) is 4.98 Å². The average molecular weight is 179 g/mol. The quantitative estimate of drug-likeness (QED) is 0.558. The third-order valence-corrected chi connectivity index (χ3v) is 1.88. The van der Waals surface area contributed by atoms with Crippen LogP contribution in [0.3, 0.4) is 0 Å². The van der Waals surface area contributed by atoms with E-state index in [9.17, 15) is 4.79 Å². The van der Waals surface area contributed by atoms with E-state index in [1.165, 1.54) is 0 Å². The lowest BCUT2D eigenvalue weighted by molar-refractivity contribution is -0.117. The third-order valence-electron chi connectivity index (χ3n) is 1.88. The number of nitrogens with zero attached hydrogens (tertiary/aromatic N) is 1. The lowest BCUT2D eigenvalue weighted by Crippen LogP contribution is -2.41. The van der Waals surface area contributed by atoms with E-state index in [0.717, 1.165) is 5.69 Å². The number of hydrogen-bond acceptors (Lipinski definition) is 4. The van der Waals surface area contributed by atoms with E-state index in [1.54, 1.807) is 18.3 Å². The second-order valence-electron chi connectivity index (χ2n) is 2.77. The standard InChI is InChI=1S/C8H9N3O2/c12-4-6-8(13)11-7-5(10-6)2-1-3-9-7/h1-3,6,10,12H,4H2,(H,9,11,13)/t6-/m0/s1. The Balaban J connectivity index is 2.33. The fourth-order valence-electron chi connectivity index (χ4n) is 1.21. The molecule has 1 aliphatic heterocycles. The van der Waals surface area contributed by atoms with Crippen LogP contribution in [-0.2, 0) is 4.79 Å². The SMILES string of the molecule is O=C1Nc2ncccc2N[C@H]1CO. The zero-order chi connectivity index (χ0) is 9.26. The molecule has 0 unspecified atom stereocenters. The number of anilines is 2. The first-order valence-corrected chi connectivity index (χ1v) is 3.94. The molecule has 1 amide bonds. The molecule has 1 aromatic rings. The molecule has 0 saturated heterocycles. The summed E-state index contributed by atoms with van der Waals surface area (Å²) in [5.74, 6) is 0.255. The molecule has 3 N–H and O–H groups in total. The molecule has 5 nitrogen and oxygen atoms in total. The van der Waals surface area contributed by atoms with Gasteiger partial charge in [0.25, 0.3) is 0 Å². The molecular weight excluding hydrogens is 170 g/mol. The highest BCUT2D eigenvalue weighted by atomic mass is 16.3. The first kappa shape index (κ1) is 8.00. The van der Waals surface area contributed by atoms with Crippen molar-refractivity contribution in [2.24, 2.45) is 0 Å². The smallest absolute Gasteiger partial charge is 0.250 e. The van der Waals surface area contributed by atoms with Crippen LogP contribution in [0.4, 0.5) is 11.5 Å². The van der Waals surface area contributed by atoms with Crippen LogP contribution in [0, 0.1) is 0 Å². The van der Waals surface area contributed by atoms with Crippen molar-refractivity contribution in [3.8, 4) is 0 Å². The molecule has 1 aliphatic rings. The lowest BCUT2D eigenvalue weighted by Gasteiger charge is -2.23. The van der Waals surface area contributed by atoms with Crippen molar-refractivity contribution in [1.82, 2.24) is 4.98 Å². The van der Waals surface area contributed by atoms with Gasteiger partial charge in [-0.15, -0.1) is 0 Å². The number of carbonyl (C=O) groups is 1. The Bertz CT molecular complexity index is 340. The summed E-state index contributed by atoms with van der Waals surface area (Å²) >= 11 is 0. The monoisotopic (exact) mass is 179 g/mol. The summed E-state index contributed by atoms with van der Waals surface area (Å²) in [4.78, 5) is 15.2. The van der Waals surface area contributed by atoms with Crippen molar-refractivity contribution >= 4 is 17.4 Å². The van der Waals surface area contributed by atoms with Gasteiger partial charge in [0.05, 0.1) is 12.3 Å². The molecule has 5 heteroatoms. The summed E-state index contributed by atoms with van der Waals surface area (Å²) in [6.07, 6.45) is 1.60. The number of pyridine rings is 1. The van der Waals surface area contributed by atoms with E-state index in [2.05, 4.69) is 15.6 Å². The Morgan fingerprint density at radius 2 is 2.46 bits per heavy atom. The molecule has 0 aliphatic carbocycles. The Labute approximate surface area is 74.8 Å². The maximum Gasteiger partial charge on any atom is 0.250 e. The molecule has 0 radical (unpaired) electrons. The number of fused-ring (bicyclic) bond motifs is 1. The maximum atomic E-state index is 11.2. The van der Waals surface area contributed by atoms with Crippen LogP contribution >= 0.6 is 0 Å². The first-order valence-electron chi connectivity index (χ1n) is 3.94. The van der Waals surface area contributed by atoms with Crippen LogP contribution in [0.15, 0.2) is 18.3 Å². The van der Waals surface area contributed by atoms with Gasteiger partial charge in [0, 0.05) is 6.20 Å². The van der Waals surface area contributed by atoms with Crippen molar-refractivity contribution in [2.75, 3.05) is 17.2 Å². The molecule has 0 fully saturated rings. The summed E-state index contributed by atoms with van der Waals surface area (Å²) in [5.41, 5.74) is 0.737. The van der Waals surface area contributed by atoms with Gasteiger partial charge in [0.1, 0.15) is 6.04 Å². The van der Waals surface area contributed by atoms with Crippen LogP contribution < -0.4 is 10.6 Å². The molecule has 1 aromatic heterocycles. The van der Waals surface area contributed by atoms with Gasteiger partial charge < -0.3 is 15.7 Å². The minimum atomic E-state index is -0.573. The highest BCUT2D eigenvalue weighted by Gasteiger charge is 2.24. The van der Waals surface area contributed by atoms with E-state index < -0.39 is 6.04 Å². The maximum absolute atomic E-state index is 11.2. The number of aromatic nitrogens is 1. The largest absolute Gasteiger partial charge is 0.394 e. The molecule has 0 bridgehead atoms. The van der Waals surface area contributed by atoms with Crippen LogP contribution in [0.2, 0.25) is 0 Å². The molecule has 2 rings (SSSR count). The van der Waals surface area contributed by atoms with E-state index >= 15 is 0 Å². The Morgan fingerprint density at radius 1 is 1.62 bits per heavy atom. The predicted octanol–water partition coefficient (Wildman–Crippen LogP) is -0.194. The van der Waals surface area contributed by atoms with Gasteiger partial charge in [0.15, 0.2) is 5.82 Å². The molecule has 68 valence electrons. The number of rotatable bonds is 1. The molecule has 0 spiro atoms. The van der Waals surface area contributed by atoms with Crippen molar-refractivity contribution in [2.45, 2.75) is 6.04 Å². The zero-order valence-electron chi connectivity index (χ0n) is 6.82. The Morgan fingerprint density at radius 3 is 3.23 bits per heavy atom. The number of carbonyl (C=O) groups excluding carboxylic acids is 1. The molecule has 2 heterocycles. The summed E-state index contributed by atoms with van der Waals surface area (Å²) in [6.45, 7) is -0.222.